The Hall–Kier alpha value is -2.69. The van der Waals surface area contributed by atoms with E-state index in [1.165, 1.54) is 25.3 Å². The van der Waals surface area contributed by atoms with E-state index in [1.54, 1.807) is 12.1 Å². The molecule has 5 heteroatoms. The molecular formula is C14H10O5. The summed E-state index contributed by atoms with van der Waals surface area (Å²) in [7, 11) is 1.44. The lowest BCUT2D eigenvalue weighted by Crippen LogP contribution is -2.02. The SMILES string of the molecule is COc1cc(O)c2oc3c(O)cccc3c(=O)c2c1. The van der Waals surface area contributed by atoms with Crippen LogP contribution in [-0.2, 0) is 0 Å². The largest absolute Gasteiger partial charge is 0.504 e. The summed E-state index contributed by atoms with van der Waals surface area (Å²) in [5.41, 5.74) is -0.249. The molecule has 0 radical (unpaired) electrons. The maximum absolute atomic E-state index is 12.3. The van der Waals surface area contributed by atoms with Crippen LogP contribution in [0.4, 0.5) is 0 Å². The predicted octanol–water partition coefficient (Wildman–Crippen LogP) is 2.37. The van der Waals surface area contributed by atoms with Crippen molar-refractivity contribution in [2.75, 3.05) is 7.11 Å². The van der Waals surface area contributed by atoms with E-state index in [-0.39, 0.29) is 38.9 Å². The number of hydrogen-bond donors (Lipinski definition) is 2. The molecule has 3 rings (SSSR count). The van der Waals surface area contributed by atoms with Gasteiger partial charge in [0.2, 0.25) is 5.43 Å². The zero-order chi connectivity index (χ0) is 13.6. The van der Waals surface area contributed by atoms with Crippen molar-refractivity contribution in [3.63, 3.8) is 0 Å². The van der Waals surface area contributed by atoms with Crippen molar-refractivity contribution in [3.05, 3.63) is 40.6 Å². The summed E-state index contributed by atoms with van der Waals surface area (Å²) < 4.78 is 10.4. The Morgan fingerprint density at radius 1 is 1.05 bits per heavy atom. The molecule has 0 atom stereocenters. The van der Waals surface area contributed by atoms with E-state index in [0.717, 1.165) is 0 Å². The van der Waals surface area contributed by atoms with Crippen LogP contribution < -0.4 is 10.2 Å². The van der Waals surface area contributed by atoms with Crippen LogP contribution in [0.3, 0.4) is 0 Å². The lowest BCUT2D eigenvalue weighted by molar-refractivity contribution is 0.407. The third-order valence-electron chi connectivity index (χ3n) is 2.97. The van der Waals surface area contributed by atoms with Gasteiger partial charge in [-0.25, -0.2) is 0 Å². The number of hydrogen-bond acceptors (Lipinski definition) is 5. The number of rotatable bonds is 1. The number of fused-ring (bicyclic) bond motifs is 2. The van der Waals surface area contributed by atoms with E-state index in [1.807, 2.05) is 0 Å². The van der Waals surface area contributed by atoms with E-state index in [0.29, 0.717) is 5.75 Å². The summed E-state index contributed by atoms with van der Waals surface area (Å²) in [6.07, 6.45) is 0. The summed E-state index contributed by atoms with van der Waals surface area (Å²) in [6, 6.07) is 7.36. The first-order chi connectivity index (χ1) is 9.11. The van der Waals surface area contributed by atoms with Crippen LogP contribution in [0.25, 0.3) is 21.9 Å². The highest BCUT2D eigenvalue weighted by molar-refractivity contribution is 5.95. The Morgan fingerprint density at radius 3 is 2.53 bits per heavy atom. The number of ether oxygens (including phenoxy) is 1. The van der Waals surface area contributed by atoms with Crippen LogP contribution in [0.2, 0.25) is 0 Å². The summed E-state index contributed by atoms with van der Waals surface area (Å²) in [5, 5.41) is 20.0. The van der Waals surface area contributed by atoms with Gasteiger partial charge < -0.3 is 19.4 Å². The molecule has 0 fully saturated rings. The van der Waals surface area contributed by atoms with Crippen molar-refractivity contribution in [2.45, 2.75) is 0 Å². The fourth-order valence-electron chi connectivity index (χ4n) is 2.04. The maximum atomic E-state index is 12.3. The van der Waals surface area contributed by atoms with Crippen molar-refractivity contribution in [3.8, 4) is 17.2 Å². The molecule has 0 aliphatic rings. The average Bonchev–Trinajstić information content (AvgIpc) is 2.41. The van der Waals surface area contributed by atoms with Gasteiger partial charge in [0.05, 0.1) is 17.9 Å². The normalized spacial score (nSPS) is 11.0. The summed E-state index contributed by atoms with van der Waals surface area (Å²) in [4.78, 5) is 12.3. The molecule has 0 unspecified atom stereocenters. The first-order valence-electron chi connectivity index (χ1n) is 5.57. The van der Waals surface area contributed by atoms with Crippen LogP contribution in [-0.4, -0.2) is 17.3 Å². The molecule has 0 spiro atoms. The number of phenolic OH excluding ortho intramolecular Hbond substituents is 2. The molecule has 3 aromatic rings. The number of aromatic hydroxyl groups is 2. The topological polar surface area (TPSA) is 79.9 Å². The molecule has 0 saturated heterocycles. The minimum absolute atomic E-state index is 0.0276. The van der Waals surface area contributed by atoms with E-state index in [9.17, 15) is 15.0 Å². The highest BCUT2D eigenvalue weighted by Crippen LogP contribution is 2.33. The van der Waals surface area contributed by atoms with Crippen molar-refractivity contribution in [1.82, 2.24) is 0 Å². The number of para-hydroxylation sites is 1. The predicted molar refractivity (Wildman–Crippen MR) is 69.9 cm³/mol. The van der Waals surface area contributed by atoms with E-state index >= 15 is 0 Å². The van der Waals surface area contributed by atoms with Crippen LogP contribution in [0.5, 0.6) is 17.2 Å². The molecule has 19 heavy (non-hydrogen) atoms. The minimum Gasteiger partial charge on any atom is -0.504 e. The van der Waals surface area contributed by atoms with E-state index < -0.39 is 0 Å². The molecule has 2 N–H and O–H groups in total. The van der Waals surface area contributed by atoms with Gasteiger partial charge in [-0.3, -0.25) is 4.79 Å². The smallest absolute Gasteiger partial charge is 0.200 e. The first kappa shape index (κ1) is 11.4. The van der Waals surface area contributed by atoms with Crippen molar-refractivity contribution in [2.24, 2.45) is 0 Å². The zero-order valence-electron chi connectivity index (χ0n) is 10.0. The average molecular weight is 258 g/mol. The number of benzene rings is 2. The molecule has 0 aliphatic heterocycles. The van der Waals surface area contributed by atoms with Gasteiger partial charge >= 0.3 is 0 Å². The molecule has 0 bridgehead atoms. The van der Waals surface area contributed by atoms with Gasteiger partial charge in [0.15, 0.2) is 22.7 Å². The number of methoxy groups -OCH3 is 1. The molecule has 0 amide bonds. The Balaban J connectivity index is 2.58. The highest BCUT2D eigenvalue weighted by Gasteiger charge is 2.14. The van der Waals surface area contributed by atoms with E-state index in [4.69, 9.17) is 9.15 Å². The molecular weight excluding hydrogens is 248 g/mol. The monoisotopic (exact) mass is 258 g/mol. The zero-order valence-corrected chi connectivity index (χ0v) is 10.0. The standard InChI is InChI=1S/C14H10O5/c1-18-7-5-9-12(17)8-3-2-4-10(15)13(8)19-14(9)11(16)6-7/h2-6,15-16H,1H3. The first-order valence-corrected chi connectivity index (χ1v) is 5.57. The minimum atomic E-state index is -0.332. The highest BCUT2D eigenvalue weighted by atomic mass is 16.5. The molecule has 2 aromatic carbocycles. The molecule has 0 aliphatic carbocycles. The molecule has 5 nitrogen and oxygen atoms in total. The molecule has 96 valence electrons. The van der Waals surface area contributed by atoms with Gasteiger partial charge in [0.25, 0.3) is 0 Å². The lowest BCUT2D eigenvalue weighted by atomic mass is 10.1. The van der Waals surface area contributed by atoms with Gasteiger partial charge in [-0.15, -0.1) is 0 Å². The Kier molecular flexibility index (Phi) is 2.35. The second-order valence-electron chi connectivity index (χ2n) is 4.11. The molecule has 1 heterocycles. The maximum Gasteiger partial charge on any atom is 0.200 e. The quantitative estimate of drug-likeness (QED) is 0.655. The third kappa shape index (κ3) is 1.59. The molecule has 0 saturated carbocycles. The third-order valence-corrected chi connectivity index (χ3v) is 2.97. The number of phenols is 2. The summed E-state index contributed by atoms with van der Waals surface area (Å²) >= 11 is 0. The van der Waals surface area contributed by atoms with Crippen LogP contribution in [0.15, 0.2) is 39.5 Å². The fourth-order valence-corrected chi connectivity index (χ4v) is 2.04. The van der Waals surface area contributed by atoms with Gasteiger partial charge in [-0.1, -0.05) is 6.07 Å². The van der Waals surface area contributed by atoms with Crippen LogP contribution in [0, 0.1) is 0 Å². The van der Waals surface area contributed by atoms with Gasteiger partial charge in [0, 0.05) is 6.07 Å². The Morgan fingerprint density at radius 2 is 1.79 bits per heavy atom. The van der Waals surface area contributed by atoms with E-state index in [2.05, 4.69) is 0 Å². The van der Waals surface area contributed by atoms with Crippen LogP contribution >= 0.6 is 0 Å². The van der Waals surface area contributed by atoms with Crippen molar-refractivity contribution in [1.29, 1.82) is 0 Å². The molecule has 1 aromatic heterocycles. The van der Waals surface area contributed by atoms with Crippen LogP contribution in [0.1, 0.15) is 0 Å². The lowest BCUT2D eigenvalue weighted by Gasteiger charge is -2.06. The van der Waals surface area contributed by atoms with Gasteiger partial charge in [0.1, 0.15) is 5.75 Å². The van der Waals surface area contributed by atoms with Crippen molar-refractivity contribution < 1.29 is 19.4 Å². The second-order valence-corrected chi connectivity index (χ2v) is 4.11. The second kappa shape index (κ2) is 3.91. The van der Waals surface area contributed by atoms with Gasteiger partial charge in [-0.2, -0.15) is 0 Å². The van der Waals surface area contributed by atoms with Crippen molar-refractivity contribution >= 4 is 21.9 Å². The fraction of sp³-hybridized carbons (Fsp3) is 0.0714. The summed E-state index contributed by atoms with van der Waals surface area (Å²) in [5.74, 6) is 0.000115. The Labute approximate surface area is 107 Å². The summed E-state index contributed by atoms with van der Waals surface area (Å²) in [6.45, 7) is 0. The Bertz CT molecular complexity index is 848. The van der Waals surface area contributed by atoms with Gasteiger partial charge in [-0.05, 0) is 18.2 Å².